The average molecular weight is 344 g/mol. The SMILES string of the molecule is CS(=O)(=O)c1ccccc1C(=O)Nc1ccc(Cl)c(Cl)c1. The number of nitrogens with one attached hydrogen (secondary N) is 1. The van der Waals surface area contributed by atoms with Crippen LogP contribution in [0.25, 0.3) is 0 Å². The van der Waals surface area contributed by atoms with Crippen LogP contribution in [0, 0.1) is 0 Å². The van der Waals surface area contributed by atoms with E-state index < -0.39 is 15.7 Å². The summed E-state index contributed by atoms with van der Waals surface area (Å²) in [5.74, 6) is -0.533. The Balaban J connectivity index is 2.35. The number of carbonyl (C=O) groups excluding carboxylic acids is 1. The lowest BCUT2D eigenvalue weighted by atomic mass is 10.2. The third-order valence-corrected chi connectivity index (χ3v) is 4.60. The van der Waals surface area contributed by atoms with Gasteiger partial charge in [0.25, 0.3) is 5.91 Å². The molecule has 0 saturated carbocycles. The highest BCUT2D eigenvalue weighted by Gasteiger charge is 2.18. The van der Waals surface area contributed by atoms with Crippen molar-refractivity contribution in [3.63, 3.8) is 0 Å². The van der Waals surface area contributed by atoms with E-state index in [-0.39, 0.29) is 10.5 Å². The van der Waals surface area contributed by atoms with E-state index in [4.69, 9.17) is 23.2 Å². The van der Waals surface area contributed by atoms with Crippen LogP contribution in [0.1, 0.15) is 10.4 Å². The molecular weight excluding hydrogens is 333 g/mol. The van der Waals surface area contributed by atoms with E-state index in [2.05, 4.69) is 5.32 Å². The molecule has 0 bridgehead atoms. The summed E-state index contributed by atoms with van der Waals surface area (Å²) >= 11 is 11.7. The highest BCUT2D eigenvalue weighted by Crippen LogP contribution is 2.25. The molecule has 0 unspecified atom stereocenters. The zero-order valence-electron chi connectivity index (χ0n) is 10.9. The monoisotopic (exact) mass is 343 g/mol. The predicted octanol–water partition coefficient (Wildman–Crippen LogP) is 3.65. The second-order valence-electron chi connectivity index (χ2n) is 4.35. The topological polar surface area (TPSA) is 63.2 Å². The molecule has 0 atom stereocenters. The van der Waals surface area contributed by atoms with Gasteiger partial charge in [-0.2, -0.15) is 0 Å². The molecule has 2 aromatic carbocycles. The van der Waals surface area contributed by atoms with Gasteiger partial charge in [0.15, 0.2) is 9.84 Å². The van der Waals surface area contributed by atoms with Gasteiger partial charge in [0, 0.05) is 11.9 Å². The lowest BCUT2D eigenvalue weighted by Gasteiger charge is -2.09. The first-order chi connectivity index (χ1) is 9.79. The van der Waals surface area contributed by atoms with Gasteiger partial charge in [0.2, 0.25) is 0 Å². The molecule has 0 aromatic heterocycles. The average Bonchev–Trinajstić information content (AvgIpc) is 2.42. The molecular formula is C14H11Cl2NO3S. The highest BCUT2D eigenvalue weighted by atomic mass is 35.5. The molecule has 4 nitrogen and oxygen atoms in total. The zero-order valence-corrected chi connectivity index (χ0v) is 13.3. The minimum Gasteiger partial charge on any atom is -0.322 e. The Morgan fingerprint density at radius 1 is 1.05 bits per heavy atom. The summed E-state index contributed by atoms with van der Waals surface area (Å²) in [5, 5.41) is 3.26. The molecule has 0 aliphatic carbocycles. The fraction of sp³-hybridized carbons (Fsp3) is 0.0714. The summed E-state index contributed by atoms with van der Waals surface area (Å²) in [6, 6.07) is 10.6. The van der Waals surface area contributed by atoms with E-state index in [0.29, 0.717) is 15.7 Å². The lowest BCUT2D eigenvalue weighted by Crippen LogP contribution is -2.16. The second-order valence-corrected chi connectivity index (χ2v) is 7.15. The Kier molecular flexibility index (Phi) is 4.56. The molecule has 110 valence electrons. The summed E-state index contributed by atoms with van der Waals surface area (Å²) in [4.78, 5) is 12.2. The molecule has 0 aliphatic heterocycles. The Morgan fingerprint density at radius 3 is 2.33 bits per heavy atom. The number of carbonyl (C=O) groups is 1. The van der Waals surface area contributed by atoms with E-state index in [0.717, 1.165) is 6.26 Å². The van der Waals surface area contributed by atoms with Crippen LogP contribution in [0.2, 0.25) is 10.0 Å². The molecule has 0 heterocycles. The van der Waals surface area contributed by atoms with Crippen molar-refractivity contribution in [3.05, 3.63) is 58.1 Å². The number of hydrogen-bond donors (Lipinski definition) is 1. The van der Waals surface area contributed by atoms with Crippen molar-refractivity contribution in [3.8, 4) is 0 Å². The van der Waals surface area contributed by atoms with Gasteiger partial charge in [-0.05, 0) is 30.3 Å². The number of amides is 1. The number of sulfone groups is 1. The fourth-order valence-electron chi connectivity index (χ4n) is 1.75. The maximum absolute atomic E-state index is 12.2. The maximum atomic E-state index is 12.2. The van der Waals surface area contributed by atoms with E-state index in [1.807, 2.05) is 0 Å². The number of rotatable bonds is 3. The Bertz CT molecular complexity index is 804. The van der Waals surface area contributed by atoms with Gasteiger partial charge in [-0.1, -0.05) is 35.3 Å². The van der Waals surface area contributed by atoms with Crippen molar-refractivity contribution in [2.75, 3.05) is 11.6 Å². The summed E-state index contributed by atoms with van der Waals surface area (Å²) in [5.41, 5.74) is 0.503. The zero-order chi connectivity index (χ0) is 15.6. The van der Waals surface area contributed by atoms with Crippen molar-refractivity contribution in [1.82, 2.24) is 0 Å². The molecule has 2 aromatic rings. The van der Waals surface area contributed by atoms with Crippen molar-refractivity contribution in [2.45, 2.75) is 4.90 Å². The van der Waals surface area contributed by atoms with Gasteiger partial charge in [0.1, 0.15) is 0 Å². The van der Waals surface area contributed by atoms with Gasteiger partial charge in [0.05, 0.1) is 20.5 Å². The van der Waals surface area contributed by atoms with Crippen LogP contribution >= 0.6 is 23.2 Å². The molecule has 1 amide bonds. The van der Waals surface area contributed by atoms with Crippen molar-refractivity contribution < 1.29 is 13.2 Å². The number of anilines is 1. The number of hydrogen-bond acceptors (Lipinski definition) is 3. The molecule has 1 N–H and O–H groups in total. The van der Waals surface area contributed by atoms with Gasteiger partial charge < -0.3 is 5.32 Å². The third-order valence-electron chi connectivity index (χ3n) is 2.71. The van der Waals surface area contributed by atoms with E-state index in [1.54, 1.807) is 24.3 Å². The highest BCUT2D eigenvalue weighted by molar-refractivity contribution is 7.90. The molecule has 0 radical (unpaired) electrons. The fourth-order valence-corrected chi connectivity index (χ4v) is 2.93. The second kappa shape index (κ2) is 6.05. The van der Waals surface area contributed by atoms with Crippen LogP contribution in [0.5, 0.6) is 0 Å². The van der Waals surface area contributed by atoms with Crippen molar-refractivity contribution in [1.29, 1.82) is 0 Å². The first kappa shape index (κ1) is 15.8. The van der Waals surface area contributed by atoms with Crippen LogP contribution in [-0.2, 0) is 9.84 Å². The molecule has 0 saturated heterocycles. The van der Waals surface area contributed by atoms with Gasteiger partial charge >= 0.3 is 0 Å². The van der Waals surface area contributed by atoms with E-state index in [9.17, 15) is 13.2 Å². The van der Waals surface area contributed by atoms with Gasteiger partial charge in [-0.25, -0.2) is 8.42 Å². The summed E-state index contributed by atoms with van der Waals surface area (Å²) in [7, 11) is -3.49. The van der Waals surface area contributed by atoms with Crippen LogP contribution in [0.15, 0.2) is 47.4 Å². The minimum absolute atomic E-state index is 0.0254. The molecule has 21 heavy (non-hydrogen) atoms. The predicted molar refractivity (Wildman–Crippen MR) is 84.0 cm³/mol. The first-order valence-electron chi connectivity index (χ1n) is 5.84. The number of benzene rings is 2. The number of halogens is 2. The largest absolute Gasteiger partial charge is 0.322 e. The van der Waals surface area contributed by atoms with Gasteiger partial charge in [-0.3, -0.25) is 4.79 Å². The molecule has 0 spiro atoms. The van der Waals surface area contributed by atoms with Crippen molar-refractivity contribution in [2.24, 2.45) is 0 Å². The Labute approximate surface area is 132 Å². The summed E-state index contributed by atoms with van der Waals surface area (Å²) < 4.78 is 23.4. The smallest absolute Gasteiger partial charge is 0.256 e. The molecule has 0 fully saturated rings. The third kappa shape index (κ3) is 3.75. The van der Waals surface area contributed by atoms with Crippen LogP contribution in [0.3, 0.4) is 0 Å². The van der Waals surface area contributed by atoms with Crippen LogP contribution in [0.4, 0.5) is 5.69 Å². The normalized spacial score (nSPS) is 11.2. The van der Waals surface area contributed by atoms with E-state index >= 15 is 0 Å². The standard InChI is InChI=1S/C14H11Cl2NO3S/c1-21(19,20)13-5-3-2-4-10(13)14(18)17-9-6-7-11(15)12(16)8-9/h2-8H,1H3,(H,17,18). The Hall–Kier alpha value is -1.56. The quantitative estimate of drug-likeness (QED) is 0.924. The Morgan fingerprint density at radius 2 is 1.71 bits per heavy atom. The minimum atomic E-state index is -3.49. The lowest BCUT2D eigenvalue weighted by molar-refractivity contribution is 0.102. The first-order valence-corrected chi connectivity index (χ1v) is 8.49. The van der Waals surface area contributed by atoms with Crippen molar-refractivity contribution >= 4 is 44.6 Å². The van der Waals surface area contributed by atoms with Crippen LogP contribution in [-0.4, -0.2) is 20.6 Å². The summed E-state index contributed by atoms with van der Waals surface area (Å²) in [6.45, 7) is 0. The van der Waals surface area contributed by atoms with Gasteiger partial charge in [-0.15, -0.1) is 0 Å². The molecule has 2 rings (SSSR count). The maximum Gasteiger partial charge on any atom is 0.256 e. The summed E-state index contributed by atoms with van der Waals surface area (Å²) in [6.07, 6.45) is 1.05. The van der Waals surface area contributed by atoms with Crippen LogP contribution < -0.4 is 5.32 Å². The molecule has 7 heteroatoms. The molecule has 0 aliphatic rings. The van der Waals surface area contributed by atoms with E-state index in [1.165, 1.54) is 18.2 Å².